The van der Waals surface area contributed by atoms with Crippen LogP contribution >= 0.6 is 30.1 Å². The average molecular weight is 471 g/mol. The van der Waals surface area contributed by atoms with E-state index < -0.39 is 11.4 Å². The number of hydrogen-bond donors (Lipinski definition) is 2. The van der Waals surface area contributed by atoms with Crippen molar-refractivity contribution in [3.05, 3.63) is 71.3 Å². The van der Waals surface area contributed by atoms with E-state index in [4.69, 9.17) is 30.1 Å². The van der Waals surface area contributed by atoms with Crippen molar-refractivity contribution in [2.45, 2.75) is 0 Å². The van der Waals surface area contributed by atoms with Crippen LogP contribution in [0.3, 0.4) is 0 Å². The zero-order valence-electron chi connectivity index (χ0n) is 15.1. The SMILES string of the molecule is C1=Cc2cc3ccc(cc4ccc(cc5nc(cc1n2)C=C5)[nH]4)[nH]3.[Al].[Cl][Al]([Cl])[Cl]. The average Bonchev–Trinajstić information content (AvgIpc) is 3.39. The molecule has 0 fully saturated rings. The molecule has 5 heterocycles. The molecule has 2 aliphatic rings. The molecule has 0 atom stereocenters. The highest BCUT2D eigenvalue weighted by molar-refractivity contribution is 7.54. The van der Waals surface area contributed by atoms with Gasteiger partial charge in [-0.1, -0.05) is 0 Å². The summed E-state index contributed by atoms with van der Waals surface area (Å²) in [5, 5.41) is 0. The molecule has 9 heteroatoms. The van der Waals surface area contributed by atoms with Crippen LogP contribution in [-0.4, -0.2) is 48.7 Å². The van der Waals surface area contributed by atoms with Gasteiger partial charge in [0.2, 0.25) is 0 Å². The molecule has 3 aromatic rings. The molecule has 2 aliphatic heterocycles. The first-order valence-electron chi connectivity index (χ1n) is 8.50. The molecule has 3 radical (unpaired) electrons. The van der Waals surface area contributed by atoms with Crippen molar-refractivity contribution in [3.8, 4) is 0 Å². The molecular formula is C20H14Al2Cl3N4. The molecule has 3 aromatic heterocycles. The zero-order chi connectivity index (χ0) is 19.5. The summed E-state index contributed by atoms with van der Waals surface area (Å²) >= 11 is -1.72. The Morgan fingerprint density at radius 3 is 1.24 bits per heavy atom. The van der Waals surface area contributed by atoms with Gasteiger partial charge in [0.15, 0.2) is 0 Å². The number of rotatable bonds is 0. The summed E-state index contributed by atoms with van der Waals surface area (Å²) in [7, 11) is 14.8. The minimum Gasteiger partial charge on any atom is -0.355 e. The molecule has 0 amide bonds. The number of aromatic nitrogens is 4. The minimum absolute atomic E-state index is 0. The molecule has 0 saturated carbocycles. The second-order valence-electron chi connectivity index (χ2n) is 6.15. The van der Waals surface area contributed by atoms with Gasteiger partial charge in [0.25, 0.3) is 0 Å². The Morgan fingerprint density at radius 2 is 0.862 bits per heavy atom. The van der Waals surface area contributed by atoms with Crippen molar-refractivity contribution in [2.75, 3.05) is 0 Å². The molecule has 141 valence electrons. The van der Waals surface area contributed by atoms with Gasteiger partial charge in [-0.25, -0.2) is 40.1 Å². The normalized spacial score (nSPS) is 11.4. The van der Waals surface area contributed by atoms with Crippen LogP contribution < -0.4 is 0 Å². The van der Waals surface area contributed by atoms with Crippen LogP contribution in [-0.2, 0) is 0 Å². The van der Waals surface area contributed by atoms with E-state index in [0.29, 0.717) is 0 Å². The first-order valence-corrected chi connectivity index (χ1v) is 13.7. The summed E-state index contributed by atoms with van der Waals surface area (Å²) in [6, 6.07) is 16.4. The Hall–Kier alpha value is -1.47. The van der Waals surface area contributed by atoms with E-state index in [9.17, 15) is 0 Å². The predicted octanol–water partition coefficient (Wildman–Crippen LogP) is 5.96. The van der Waals surface area contributed by atoms with Crippen LogP contribution in [0.5, 0.6) is 0 Å². The Morgan fingerprint density at radius 1 is 0.552 bits per heavy atom. The smallest absolute Gasteiger partial charge is 0.355 e. The van der Waals surface area contributed by atoms with Gasteiger partial charge in [-0.15, -0.1) is 0 Å². The maximum atomic E-state index is 4.94. The fraction of sp³-hybridized carbons (Fsp3) is 0. The molecule has 29 heavy (non-hydrogen) atoms. The number of aromatic amines is 2. The summed E-state index contributed by atoms with van der Waals surface area (Å²) in [6.07, 6.45) is 8.05. The number of fused-ring (bicyclic) bond motifs is 8. The standard InChI is InChI=1S/C20H14N4.2Al.3ClH/c1-2-14-10-16-5-6-18(23-16)12-20-8-7-19(24-20)11-17-4-3-15(22-17)9-13(1)21-14;;;;;/h1-12,21-22H;;;3*1H/q;;+3;;;/p-3. The second kappa shape index (κ2) is 10.0. The predicted molar refractivity (Wildman–Crippen MR) is 128 cm³/mol. The van der Waals surface area contributed by atoms with Gasteiger partial charge in [-0.2, -0.15) is 0 Å². The third-order valence-corrected chi connectivity index (χ3v) is 4.04. The summed E-state index contributed by atoms with van der Waals surface area (Å²) in [4.78, 5) is 16.0. The molecule has 0 spiro atoms. The van der Waals surface area contributed by atoms with Gasteiger partial charge >= 0.3 is 11.4 Å². The van der Waals surface area contributed by atoms with E-state index in [-0.39, 0.29) is 17.4 Å². The maximum absolute atomic E-state index is 4.94. The first kappa shape index (κ1) is 22.2. The minimum atomic E-state index is -1.72. The highest BCUT2D eigenvalue weighted by Gasteiger charge is 2.02. The fourth-order valence-corrected chi connectivity index (χ4v) is 2.94. The molecule has 4 nitrogen and oxygen atoms in total. The lowest BCUT2D eigenvalue weighted by molar-refractivity contribution is 1.28. The van der Waals surface area contributed by atoms with Gasteiger partial charge in [0, 0.05) is 39.4 Å². The summed E-state index contributed by atoms with van der Waals surface area (Å²) in [5.74, 6) is 0. The second-order valence-corrected chi connectivity index (χ2v) is 12.6. The van der Waals surface area contributed by atoms with Gasteiger partial charge in [0.1, 0.15) is 0 Å². The molecule has 0 aromatic carbocycles. The van der Waals surface area contributed by atoms with Crippen molar-refractivity contribution >= 4 is 105 Å². The van der Waals surface area contributed by atoms with E-state index in [1.165, 1.54) is 0 Å². The van der Waals surface area contributed by atoms with Crippen molar-refractivity contribution in [3.63, 3.8) is 0 Å². The van der Waals surface area contributed by atoms with Crippen molar-refractivity contribution in [1.29, 1.82) is 0 Å². The van der Waals surface area contributed by atoms with Crippen molar-refractivity contribution < 1.29 is 0 Å². The third kappa shape index (κ3) is 6.25. The summed E-state index contributed by atoms with van der Waals surface area (Å²) in [5.41, 5.74) is 7.86. The quantitative estimate of drug-likeness (QED) is 0.274. The van der Waals surface area contributed by atoms with E-state index in [1.54, 1.807) is 0 Å². The van der Waals surface area contributed by atoms with Gasteiger partial charge in [-0.05, 0) is 72.8 Å². The largest absolute Gasteiger partial charge is 0.643 e. The molecule has 0 aliphatic carbocycles. The zero-order valence-corrected chi connectivity index (χ0v) is 19.7. The Labute approximate surface area is 195 Å². The number of nitrogens with zero attached hydrogens (tertiary/aromatic N) is 2. The highest BCUT2D eigenvalue weighted by atomic mass is 35.8. The number of hydrogen-bond acceptors (Lipinski definition) is 2. The van der Waals surface area contributed by atoms with Gasteiger partial charge in [0.05, 0.1) is 22.8 Å². The molecule has 5 rings (SSSR count). The molecule has 2 N–H and O–H groups in total. The Kier molecular flexibility index (Phi) is 7.69. The Bertz CT molecular complexity index is 1140. The third-order valence-electron chi connectivity index (χ3n) is 4.04. The van der Waals surface area contributed by atoms with E-state index in [0.717, 1.165) is 44.8 Å². The van der Waals surface area contributed by atoms with Crippen molar-refractivity contribution in [1.82, 2.24) is 19.9 Å². The van der Waals surface area contributed by atoms with Crippen LogP contribution in [0.15, 0.2) is 48.5 Å². The van der Waals surface area contributed by atoms with Crippen LogP contribution in [0, 0.1) is 0 Å². The van der Waals surface area contributed by atoms with Crippen molar-refractivity contribution in [2.24, 2.45) is 0 Å². The molecular weight excluding hydrogens is 457 g/mol. The van der Waals surface area contributed by atoms with E-state index in [1.807, 2.05) is 42.5 Å². The lowest BCUT2D eigenvalue weighted by atomic mass is 10.3. The number of H-pyrrole nitrogens is 2. The number of halogens is 3. The molecule has 8 bridgehead atoms. The maximum Gasteiger partial charge on any atom is 0.643 e. The van der Waals surface area contributed by atoms with Crippen LogP contribution in [0.1, 0.15) is 22.8 Å². The van der Waals surface area contributed by atoms with Crippen LogP contribution in [0.2, 0.25) is 0 Å². The topological polar surface area (TPSA) is 57.4 Å². The van der Waals surface area contributed by atoms with E-state index >= 15 is 0 Å². The summed E-state index contributed by atoms with van der Waals surface area (Å²) < 4.78 is 0. The molecule has 0 unspecified atom stereocenters. The van der Waals surface area contributed by atoms with Crippen LogP contribution in [0.25, 0.3) is 46.4 Å². The first-order chi connectivity index (χ1) is 13.5. The van der Waals surface area contributed by atoms with Gasteiger partial charge < -0.3 is 9.97 Å². The van der Waals surface area contributed by atoms with E-state index in [2.05, 4.69) is 50.3 Å². The highest BCUT2D eigenvalue weighted by Crippen LogP contribution is 2.17. The lowest BCUT2D eigenvalue weighted by Gasteiger charge is -1.86. The number of nitrogens with one attached hydrogen (secondary N) is 2. The fourth-order valence-electron chi connectivity index (χ4n) is 2.94. The van der Waals surface area contributed by atoms with Gasteiger partial charge in [-0.3, -0.25) is 0 Å². The Balaban J connectivity index is 0.000000443. The lowest BCUT2D eigenvalue weighted by Crippen LogP contribution is -1.77. The monoisotopic (exact) mass is 469 g/mol. The molecule has 0 saturated heterocycles. The summed E-state index contributed by atoms with van der Waals surface area (Å²) in [6.45, 7) is 0. The van der Waals surface area contributed by atoms with Crippen LogP contribution in [0.4, 0.5) is 0 Å².